The first-order valence-electron chi connectivity index (χ1n) is 9.23. The van der Waals surface area contributed by atoms with Crippen molar-refractivity contribution in [1.82, 2.24) is 4.90 Å². The second-order valence-corrected chi connectivity index (χ2v) is 7.23. The fourth-order valence-corrected chi connectivity index (χ4v) is 4.16. The van der Waals surface area contributed by atoms with E-state index in [0.29, 0.717) is 11.8 Å². The summed E-state index contributed by atoms with van der Waals surface area (Å²) >= 11 is 0. The summed E-state index contributed by atoms with van der Waals surface area (Å²) in [7, 11) is 0. The van der Waals surface area contributed by atoms with Crippen molar-refractivity contribution in [2.45, 2.75) is 71.1 Å². The summed E-state index contributed by atoms with van der Waals surface area (Å²) in [6.45, 7) is 4.86. The minimum absolute atomic E-state index is 0.285. The zero-order chi connectivity index (χ0) is 15.1. The van der Waals surface area contributed by atoms with Crippen molar-refractivity contribution >= 4 is 5.91 Å². The van der Waals surface area contributed by atoms with Crippen LogP contribution in [0.4, 0.5) is 0 Å². The Labute approximate surface area is 130 Å². The average molecular weight is 294 g/mol. The highest BCUT2D eigenvalue weighted by Gasteiger charge is 2.29. The molecular weight excluding hydrogens is 260 g/mol. The first kappa shape index (κ1) is 16.8. The van der Waals surface area contributed by atoms with Crippen LogP contribution in [0, 0.1) is 17.8 Å². The molecule has 1 amide bonds. The maximum atomic E-state index is 12.9. The van der Waals surface area contributed by atoms with Crippen molar-refractivity contribution in [3.05, 3.63) is 0 Å². The lowest BCUT2D eigenvalue weighted by atomic mass is 9.81. The van der Waals surface area contributed by atoms with Gasteiger partial charge in [-0.05, 0) is 44.1 Å². The minimum Gasteiger partial charge on any atom is -0.342 e. The number of hydrogen-bond donors (Lipinski definition) is 1. The van der Waals surface area contributed by atoms with E-state index >= 15 is 0 Å². The molecule has 1 aliphatic carbocycles. The molecule has 2 aliphatic rings. The summed E-state index contributed by atoms with van der Waals surface area (Å²) in [4.78, 5) is 15.0. The van der Waals surface area contributed by atoms with Gasteiger partial charge in [0.2, 0.25) is 5.91 Å². The maximum Gasteiger partial charge on any atom is 0.225 e. The van der Waals surface area contributed by atoms with Gasteiger partial charge in [-0.15, -0.1) is 0 Å². The summed E-state index contributed by atoms with van der Waals surface area (Å²) in [6.07, 6.45) is 12.4. The second kappa shape index (κ2) is 8.77. The van der Waals surface area contributed by atoms with Gasteiger partial charge in [-0.1, -0.05) is 45.4 Å². The minimum atomic E-state index is 0.285. The summed E-state index contributed by atoms with van der Waals surface area (Å²) in [5, 5.41) is 0. The van der Waals surface area contributed by atoms with Crippen LogP contribution in [0.5, 0.6) is 0 Å². The molecule has 1 heterocycles. The SMILES string of the molecule is CCCC(CC1CCCCC1)C(=O)N1CCC(CN)CC1. The van der Waals surface area contributed by atoms with Crippen molar-refractivity contribution in [3.8, 4) is 0 Å². The van der Waals surface area contributed by atoms with Crippen molar-refractivity contribution in [2.24, 2.45) is 23.5 Å². The van der Waals surface area contributed by atoms with Crippen molar-refractivity contribution in [3.63, 3.8) is 0 Å². The first-order chi connectivity index (χ1) is 10.2. The molecule has 2 rings (SSSR count). The second-order valence-electron chi connectivity index (χ2n) is 7.23. The van der Waals surface area contributed by atoms with E-state index in [1.165, 1.54) is 32.1 Å². The molecule has 2 fully saturated rings. The maximum absolute atomic E-state index is 12.9. The van der Waals surface area contributed by atoms with Crippen LogP contribution in [0.3, 0.4) is 0 Å². The summed E-state index contributed by atoms with van der Waals surface area (Å²) in [5.41, 5.74) is 5.75. The van der Waals surface area contributed by atoms with E-state index in [9.17, 15) is 4.79 Å². The largest absolute Gasteiger partial charge is 0.342 e. The highest BCUT2D eigenvalue weighted by molar-refractivity contribution is 5.79. The summed E-state index contributed by atoms with van der Waals surface area (Å²) in [6, 6.07) is 0. The number of nitrogens with zero attached hydrogens (tertiary/aromatic N) is 1. The topological polar surface area (TPSA) is 46.3 Å². The van der Waals surface area contributed by atoms with Crippen LogP contribution in [0.2, 0.25) is 0 Å². The van der Waals surface area contributed by atoms with E-state index in [0.717, 1.165) is 57.7 Å². The van der Waals surface area contributed by atoms with Gasteiger partial charge in [-0.25, -0.2) is 0 Å². The van der Waals surface area contributed by atoms with Crippen molar-refractivity contribution in [1.29, 1.82) is 0 Å². The lowest BCUT2D eigenvalue weighted by molar-refractivity contribution is -0.138. The van der Waals surface area contributed by atoms with Crippen LogP contribution < -0.4 is 5.73 Å². The quantitative estimate of drug-likeness (QED) is 0.814. The van der Waals surface area contributed by atoms with Crippen LogP contribution in [0.1, 0.15) is 71.1 Å². The van der Waals surface area contributed by atoms with Gasteiger partial charge in [0.15, 0.2) is 0 Å². The Morgan fingerprint density at radius 3 is 2.33 bits per heavy atom. The third-order valence-electron chi connectivity index (χ3n) is 5.59. The number of carbonyl (C=O) groups is 1. The first-order valence-corrected chi connectivity index (χ1v) is 9.23. The Hall–Kier alpha value is -0.570. The van der Waals surface area contributed by atoms with Gasteiger partial charge in [0.05, 0.1) is 0 Å². The Kier molecular flexibility index (Phi) is 7.01. The number of likely N-dealkylation sites (tertiary alicyclic amines) is 1. The molecule has 0 bridgehead atoms. The molecule has 3 nitrogen and oxygen atoms in total. The van der Waals surface area contributed by atoms with Crippen LogP contribution in [-0.2, 0) is 4.79 Å². The number of amides is 1. The third-order valence-corrected chi connectivity index (χ3v) is 5.59. The monoisotopic (exact) mass is 294 g/mol. The number of carbonyl (C=O) groups excluding carboxylic acids is 1. The van der Waals surface area contributed by atoms with Gasteiger partial charge in [0, 0.05) is 19.0 Å². The van der Waals surface area contributed by atoms with Crippen molar-refractivity contribution in [2.75, 3.05) is 19.6 Å². The fraction of sp³-hybridized carbons (Fsp3) is 0.944. The van der Waals surface area contributed by atoms with Gasteiger partial charge >= 0.3 is 0 Å². The molecule has 2 N–H and O–H groups in total. The predicted molar refractivity (Wildman–Crippen MR) is 87.9 cm³/mol. The fourth-order valence-electron chi connectivity index (χ4n) is 4.16. The molecule has 1 aliphatic heterocycles. The highest BCUT2D eigenvalue weighted by Crippen LogP contribution is 2.32. The number of rotatable bonds is 6. The van der Waals surface area contributed by atoms with E-state index in [1.54, 1.807) is 0 Å². The Morgan fingerprint density at radius 1 is 1.10 bits per heavy atom. The van der Waals surface area contributed by atoms with Gasteiger partial charge in [0.1, 0.15) is 0 Å². The van der Waals surface area contributed by atoms with Crippen LogP contribution in [0.15, 0.2) is 0 Å². The Balaban J connectivity index is 1.85. The molecule has 3 heteroatoms. The molecule has 0 spiro atoms. The lowest BCUT2D eigenvalue weighted by Gasteiger charge is -2.35. The molecule has 21 heavy (non-hydrogen) atoms. The van der Waals surface area contributed by atoms with Crippen LogP contribution in [0.25, 0.3) is 0 Å². The van der Waals surface area contributed by atoms with E-state index in [4.69, 9.17) is 5.73 Å². The molecule has 0 aromatic carbocycles. The van der Waals surface area contributed by atoms with Gasteiger partial charge < -0.3 is 10.6 Å². The van der Waals surface area contributed by atoms with E-state index in [-0.39, 0.29) is 5.92 Å². The highest BCUT2D eigenvalue weighted by atomic mass is 16.2. The summed E-state index contributed by atoms with van der Waals surface area (Å²) in [5.74, 6) is 2.17. The molecule has 1 unspecified atom stereocenters. The molecule has 0 aromatic rings. The molecular formula is C18H34N2O. The van der Waals surface area contributed by atoms with Crippen LogP contribution >= 0.6 is 0 Å². The molecule has 1 saturated heterocycles. The predicted octanol–water partition coefficient (Wildman–Crippen LogP) is 3.57. The third kappa shape index (κ3) is 4.98. The van der Waals surface area contributed by atoms with Crippen LogP contribution in [-0.4, -0.2) is 30.4 Å². The van der Waals surface area contributed by atoms with E-state index < -0.39 is 0 Å². The van der Waals surface area contributed by atoms with Gasteiger partial charge in [0.25, 0.3) is 0 Å². The smallest absolute Gasteiger partial charge is 0.225 e. The molecule has 1 atom stereocenters. The van der Waals surface area contributed by atoms with Crippen molar-refractivity contribution < 1.29 is 4.79 Å². The lowest BCUT2D eigenvalue weighted by Crippen LogP contribution is -2.43. The molecule has 0 aromatic heterocycles. The molecule has 122 valence electrons. The number of hydrogen-bond acceptors (Lipinski definition) is 2. The van der Waals surface area contributed by atoms with Gasteiger partial charge in [-0.3, -0.25) is 4.79 Å². The normalized spacial score (nSPS) is 23.2. The standard InChI is InChI=1S/C18H34N2O/c1-2-6-17(13-15-7-4-3-5-8-15)18(21)20-11-9-16(14-19)10-12-20/h15-17H,2-14,19H2,1H3. The Morgan fingerprint density at radius 2 is 1.76 bits per heavy atom. The number of piperidine rings is 1. The van der Waals surface area contributed by atoms with Gasteiger partial charge in [-0.2, -0.15) is 0 Å². The molecule has 1 saturated carbocycles. The Bertz CT molecular complexity index is 304. The van der Waals surface area contributed by atoms with E-state index in [1.807, 2.05) is 0 Å². The number of nitrogens with two attached hydrogens (primary N) is 1. The average Bonchev–Trinajstić information content (AvgIpc) is 2.55. The zero-order valence-corrected chi connectivity index (χ0v) is 13.9. The zero-order valence-electron chi connectivity index (χ0n) is 13.9. The molecule has 0 radical (unpaired) electrons. The van der Waals surface area contributed by atoms with E-state index in [2.05, 4.69) is 11.8 Å². The summed E-state index contributed by atoms with van der Waals surface area (Å²) < 4.78 is 0.